The molecule has 0 N–H and O–H groups in total. The molecule has 0 unspecified atom stereocenters. The number of anilines is 1. The highest BCUT2D eigenvalue weighted by atomic mass is 16.5. The van der Waals surface area contributed by atoms with Gasteiger partial charge in [0.2, 0.25) is 0 Å². The molecule has 0 atom stereocenters. The number of methoxy groups -OCH3 is 2. The molecular formula is C26H25NO6. The summed E-state index contributed by atoms with van der Waals surface area (Å²) >= 11 is 0. The van der Waals surface area contributed by atoms with Crippen molar-refractivity contribution in [2.75, 3.05) is 19.1 Å². The average Bonchev–Trinajstić information content (AvgIpc) is 3.06. The number of nitrogens with zero attached hydrogens (tertiary/aromatic N) is 1. The van der Waals surface area contributed by atoms with Gasteiger partial charge in [-0.25, -0.2) is 14.4 Å². The molecule has 2 aromatic carbocycles. The van der Waals surface area contributed by atoms with E-state index in [-0.39, 0.29) is 23.3 Å². The Kier molecular flexibility index (Phi) is 7.46. The van der Waals surface area contributed by atoms with Gasteiger partial charge in [0, 0.05) is 11.9 Å². The van der Waals surface area contributed by atoms with Crippen LogP contribution in [0.1, 0.15) is 24.2 Å². The van der Waals surface area contributed by atoms with E-state index in [4.69, 9.17) is 14.2 Å². The zero-order chi connectivity index (χ0) is 24.0. The summed E-state index contributed by atoms with van der Waals surface area (Å²) in [5.41, 5.74) is 2.93. The minimum atomic E-state index is -0.674. The van der Waals surface area contributed by atoms with Gasteiger partial charge in [0.05, 0.1) is 31.5 Å². The third-order valence-corrected chi connectivity index (χ3v) is 4.81. The van der Waals surface area contributed by atoms with Crippen molar-refractivity contribution < 1.29 is 28.6 Å². The summed E-state index contributed by atoms with van der Waals surface area (Å²) in [7, 11) is 2.50. The molecule has 33 heavy (non-hydrogen) atoms. The Morgan fingerprint density at radius 1 is 0.818 bits per heavy atom. The fraction of sp³-hybridized carbons (Fsp3) is 0.192. The van der Waals surface area contributed by atoms with Crippen LogP contribution in [0, 0.1) is 0 Å². The van der Waals surface area contributed by atoms with E-state index in [1.807, 2.05) is 30.3 Å². The zero-order valence-corrected chi connectivity index (χ0v) is 18.9. The van der Waals surface area contributed by atoms with Crippen molar-refractivity contribution in [2.24, 2.45) is 0 Å². The van der Waals surface area contributed by atoms with Crippen LogP contribution in [0.3, 0.4) is 0 Å². The van der Waals surface area contributed by atoms with E-state index in [1.54, 1.807) is 55.3 Å². The number of allylic oxidation sites excluding steroid dienone is 2. The van der Waals surface area contributed by atoms with Crippen LogP contribution < -0.4 is 4.90 Å². The predicted molar refractivity (Wildman–Crippen MR) is 124 cm³/mol. The quantitative estimate of drug-likeness (QED) is 0.479. The molecule has 1 aliphatic heterocycles. The lowest BCUT2D eigenvalue weighted by Crippen LogP contribution is -2.26. The fourth-order valence-corrected chi connectivity index (χ4v) is 3.29. The highest BCUT2D eigenvalue weighted by molar-refractivity contribution is 6.05. The molecule has 1 aliphatic rings. The molecular weight excluding hydrogens is 422 g/mol. The third-order valence-electron chi connectivity index (χ3n) is 4.81. The van der Waals surface area contributed by atoms with Gasteiger partial charge in [0.25, 0.3) is 0 Å². The van der Waals surface area contributed by atoms with Crippen LogP contribution in [-0.4, -0.2) is 38.2 Å². The number of hydrogen-bond acceptors (Lipinski definition) is 7. The first kappa shape index (κ1) is 23.5. The molecule has 0 aromatic heterocycles. The summed E-state index contributed by atoms with van der Waals surface area (Å²) in [5, 5.41) is 0. The second-order valence-corrected chi connectivity index (χ2v) is 7.40. The van der Waals surface area contributed by atoms with Gasteiger partial charge < -0.3 is 19.1 Å². The van der Waals surface area contributed by atoms with Gasteiger partial charge in [-0.3, -0.25) is 0 Å². The van der Waals surface area contributed by atoms with Crippen LogP contribution >= 0.6 is 0 Å². The number of esters is 3. The van der Waals surface area contributed by atoms with Crippen molar-refractivity contribution in [1.29, 1.82) is 0 Å². The van der Waals surface area contributed by atoms with Crippen molar-refractivity contribution in [3.05, 3.63) is 89.8 Å². The zero-order valence-electron chi connectivity index (χ0n) is 18.9. The first-order valence-corrected chi connectivity index (χ1v) is 10.3. The van der Waals surface area contributed by atoms with Crippen LogP contribution in [0.4, 0.5) is 5.69 Å². The second-order valence-electron chi connectivity index (χ2n) is 7.40. The van der Waals surface area contributed by atoms with Gasteiger partial charge in [-0.2, -0.15) is 0 Å². The molecule has 7 heteroatoms. The summed E-state index contributed by atoms with van der Waals surface area (Å²) in [6, 6.07) is 14.5. The van der Waals surface area contributed by atoms with Gasteiger partial charge >= 0.3 is 17.9 Å². The van der Waals surface area contributed by atoms with Gasteiger partial charge in [-0.15, -0.1) is 0 Å². The lowest BCUT2D eigenvalue weighted by Gasteiger charge is -2.23. The molecule has 0 spiro atoms. The molecule has 0 fully saturated rings. The number of carbonyl (C=O) groups is 3. The van der Waals surface area contributed by atoms with Crippen molar-refractivity contribution in [3.63, 3.8) is 0 Å². The molecule has 170 valence electrons. The SMILES string of the molecule is COC(=O)C1=C(C(=O)OC)N(c2ccc(-c3cccc(C(=O)OC(C)C)c3)cc2)C=CC=C1. The van der Waals surface area contributed by atoms with Crippen LogP contribution in [0.2, 0.25) is 0 Å². The molecule has 2 aromatic rings. The third kappa shape index (κ3) is 5.38. The van der Waals surface area contributed by atoms with Gasteiger partial charge in [0.15, 0.2) is 0 Å². The molecule has 0 amide bonds. The Balaban J connectivity index is 1.97. The Hall–Kier alpha value is -4.13. The Morgan fingerprint density at radius 3 is 2.15 bits per heavy atom. The molecule has 0 bridgehead atoms. The first-order valence-electron chi connectivity index (χ1n) is 10.3. The number of rotatable bonds is 6. The van der Waals surface area contributed by atoms with E-state index in [9.17, 15) is 14.4 Å². The Labute approximate surface area is 192 Å². The van der Waals surface area contributed by atoms with E-state index in [2.05, 4.69) is 0 Å². The van der Waals surface area contributed by atoms with Gasteiger partial charge in [-0.05, 0) is 61.4 Å². The Bertz CT molecular complexity index is 1140. The molecule has 0 saturated carbocycles. The van der Waals surface area contributed by atoms with E-state index in [1.165, 1.54) is 20.3 Å². The molecule has 0 radical (unpaired) electrons. The minimum absolute atomic E-state index is 0.0422. The van der Waals surface area contributed by atoms with Crippen LogP contribution in [0.15, 0.2) is 84.2 Å². The van der Waals surface area contributed by atoms with Crippen molar-refractivity contribution >= 4 is 23.6 Å². The molecule has 0 aliphatic carbocycles. The summed E-state index contributed by atoms with van der Waals surface area (Å²) in [6.45, 7) is 3.60. The van der Waals surface area contributed by atoms with E-state index in [0.717, 1.165) is 11.1 Å². The van der Waals surface area contributed by atoms with Crippen LogP contribution in [-0.2, 0) is 23.8 Å². The maximum Gasteiger partial charge on any atom is 0.355 e. The van der Waals surface area contributed by atoms with Crippen molar-refractivity contribution in [1.82, 2.24) is 0 Å². The molecule has 3 rings (SSSR count). The minimum Gasteiger partial charge on any atom is -0.465 e. The average molecular weight is 447 g/mol. The van der Waals surface area contributed by atoms with Crippen molar-refractivity contribution in [3.8, 4) is 11.1 Å². The standard InChI is InChI=1S/C26H25NO6/c1-17(2)33-24(28)20-9-7-8-19(16-20)18-11-13-21(14-12-18)27-15-6-5-10-22(25(29)31-3)23(27)26(30)32-4/h5-17H,1-4H3. The normalized spacial score (nSPS) is 13.1. The molecule has 1 heterocycles. The van der Waals surface area contributed by atoms with E-state index < -0.39 is 11.9 Å². The number of hydrogen-bond donors (Lipinski definition) is 0. The topological polar surface area (TPSA) is 82.1 Å². The summed E-state index contributed by atoms with van der Waals surface area (Å²) in [4.78, 5) is 38.7. The summed E-state index contributed by atoms with van der Waals surface area (Å²) in [6.07, 6.45) is 6.31. The first-order chi connectivity index (χ1) is 15.8. The van der Waals surface area contributed by atoms with E-state index >= 15 is 0 Å². The smallest absolute Gasteiger partial charge is 0.355 e. The van der Waals surface area contributed by atoms with Crippen molar-refractivity contribution in [2.45, 2.75) is 20.0 Å². The lowest BCUT2D eigenvalue weighted by molar-refractivity contribution is -0.139. The highest BCUT2D eigenvalue weighted by Crippen LogP contribution is 2.29. The lowest BCUT2D eigenvalue weighted by atomic mass is 10.0. The van der Waals surface area contributed by atoms with Gasteiger partial charge in [-0.1, -0.05) is 30.3 Å². The maximum atomic E-state index is 12.6. The summed E-state index contributed by atoms with van der Waals surface area (Å²) < 4.78 is 15.0. The number of benzene rings is 2. The second kappa shape index (κ2) is 10.5. The molecule has 0 saturated heterocycles. The fourth-order valence-electron chi connectivity index (χ4n) is 3.29. The van der Waals surface area contributed by atoms with Gasteiger partial charge in [0.1, 0.15) is 5.70 Å². The number of ether oxygens (including phenoxy) is 3. The molecule has 7 nitrogen and oxygen atoms in total. The largest absolute Gasteiger partial charge is 0.465 e. The van der Waals surface area contributed by atoms with Crippen LogP contribution in [0.25, 0.3) is 11.1 Å². The van der Waals surface area contributed by atoms with E-state index in [0.29, 0.717) is 11.3 Å². The summed E-state index contributed by atoms with van der Waals surface area (Å²) in [5.74, 6) is -1.71. The maximum absolute atomic E-state index is 12.6. The number of carbonyl (C=O) groups excluding carboxylic acids is 3. The predicted octanol–water partition coefficient (Wildman–Crippen LogP) is 4.41. The van der Waals surface area contributed by atoms with Crippen LogP contribution in [0.5, 0.6) is 0 Å². The highest BCUT2D eigenvalue weighted by Gasteiger charge is 2.27. The Morgan fingerprint density at radius 2 is 1.52 bits per heavy atom. The monoisotopic (exact) mass is 447 g/mol.